The van der Waals surface area contributed by atoms with Crippen LogP contribution in [0.4, 0.5) is 17.1 Å². The Balaban J connectivity index is 1.71. The molecule has 0 unspecified atom stereocenters. The minimum atomic E-state index is -0.595. The van der Waals surface area contributed by atoms with Crippen molar-refractivity contribution in [3.8, 4) is 17.6 Å². The smallest absolute Gasteiger partial charge is 0.267 e. The maximum Gasteiger partial charge on any atom is 0.267 e. The Morgan fingerprint density at radius 2 is 2.04 bits per heavy atom. The number of benzene rings is 2. The monoisotopic (exact) mass is 356 g/mol. The predicted octanol–water partition coefficient (Wildman–Crippen LogP) is 3.11. The van der Waals surface area contributed by atoms with Crippen molar-refractivity contribution in [1.82, 2.24) is 0 Å². The number of nitrogens with two attached hydrogens (primary N) is 1. The quantitative estimate of drug-likeness (QED) is 0.441. The van der Waals surface area contributed by atoms with Crippen molar-refractivity contribution in [2.45, 2.75) is 0 Å². The van der Waals surface area contributed by atoms with Crippen molar-refractivity contribution in [3.05, 3.63) is 53.2 Å². The maximum atomic E-state index is 12.2. The van der Waals surface area contributed by atoms with Gasteiger partial charge in [0.25, 0.3) is 5.91 Å². The molecule has 0 aromatic heterocycles. The summed E-state index contributed by atoms with van der Waals surface area (Å²) in [7, 11) is 0. The van der Waals surface area contributed by atoms with Gasteiger partial charge in [-0.25, -0.2) is 0 Å². The molecule has 1 aliphatic heterocycles. The fourth-order valence-electron chi connectivity index (χ4n) is 2.11. The highest BCUT2D eigenvalue weighted by Gasteiger charge is 2.14. The average Bonchev–Trinajstić information content (AvgIpc) is 3.05. The number of rotatable bonds is 4. The summed E-state index contributed by atoms with van der Waals surface area (Å²) in [5.41, 5.74) is 6.97. The first-order valence-electron chi connectivity index (χ1n) is 7.19. The van der Waals surface area contributed by atoms with E-state index in [0.717, 1.165) is 0 Å². The van der Waals surface area contributed by atoms with Gasteiger partial charge in [-0.2, -0.15) is 5.26 Å². The molecule has 8 heteroatoms. The molecule has 25 heavy (non-hydrogen) atoms. The van der Waals surface area contributed by atoms with Crippen LogP contribution >= 0.6 is 11.6 Å². The molecule has 0 radical (unpaired) electrons. The molecule has 0 spiro atoms. The number of anilines is 3. The highest BCUT2D eigenvalue weighted by molar-refractivity contribution is 6.34. The maximum absolute atomic E-state index is 12.2. The lowest BCUT2D eigenvalue weighted by Gasteiger charge is -2.08. The van der Waals surface area contributed by atoms with Crippen molar-refractivity contribution in [2.24, 2.45) is 0 Å². The number of fused-ring (bicyclic) bond motifs is 1. The van der Waals surface area contributed by atoms with E-state index in [0.29, 0.717) is 28.6 Å². The number of nitrogen functional groups attached to an aromatic ring is 1. The lowest BCUT2D eigenvalue weighted by atomic mass is 10.2. The number of carbonyl (C=O) groups excluding carboxylic acids is 1. The Morgan fingerprint density at radius 1 is 1.24 bits per heavy atom. The summed E-state index contributed by atoms with van der Waals surface area (Å²) in [6, 6.07) is 11.7. The largest absolute Gasteiger partial charge is 0.454 e. The second-order valence-corrected chi connectivity index (χ2v) is 5.48. The molecule has 1 amide bonds. The SMILES string of the molecule is N#C/C(=C/Nc1ccc2c(c1)OCO2)C(=O)Nc1ccc(N)cc1Cl. The molecule has 0 saturated carbocycles. The van der Waals surface area contributed by atoms with Gasteiger partial charge in [-0.15, -0.1) is 0 Å². The minimum Gasteiger partial charge on any atom is -0.454 e. The summed E-state index contributed by atoms with van der Waals surface area (Å²) in [6.45, 7) is 0.169. The zero-order valence-corrected chi connectivity index (χ0v) is 13.6. The number of halogens is 1. The number of nitrogens with zero attached hydrogens (tertiary/aromatic N) is 1. The molecule has 0 atom stereocenters. The third-order valence-electron chi connectivity index (χ3n) is 3.36. The van der Waals surface area contributed by atoms with Gasteiger partial charge >= 0.3 is 0 Å². The molecule has 2 aromatic rings. The Labute approximate surface area is 148 Å². The van der Waals surface area contributed by atoms with Crippen molar-refractivity contribution in [3.63, 3.8) is 0 Å². The van der Waals surface area contributed by atoms with Crippen LogP contribution in [0.1, 0.15) is 0 Å². The van der Waals surface area contributed by atoms with Crippen molar-refractivity contribution in [1.29, 1.82) is 5.26 Å². The number of carbonyl (C=O) groups is 1. The van der Waals surface area contributed by atoms with E-state index >= 15 is 0 Å². The van der Waals surface area contributed by atoms with Crippen molar-refractivity contribution < 1.29 is 14.3 Å². The summed E-state index contributed by atoms with van der Waals surface area (Å²) < 4.78 is 10.5. The number of hydrogen-bond acceptors (Lipinski definition) is 6. The normalized spacial score (nSPS) is 12.4. The Morgan fingerprint density at radius 3 is 2.80 bits per heavy atom. The van der Waals surface area contributed by atoms with Crippen LogP contribution in [-0.4, -0.2) is 12.7 Å². The summed E-state index contributed by atoms with van der Waals surface area (Å²) in [4.78, 5) is 12.2. The second-order valence-electron chi connectivity index (χ2n) is 5.08. The summed E-state index contributed by atoms with van der Waals surface area (Å²) in [5, 5.41) is 14.9. The third kappa shape index (κ3) is 3.76. The zero-order valence-electron chi connectivity index (χ0n) is 12.9. The Bertz CT molecular complexity index is 905. The molecule has 1 heterocycles. The highest BCUT2D eigenvalue weighted by Crippen LogP contribution is 2.34. The van der Waals surface area contributed by atoms with Gasteiger partial charge in [0.1, 0.15) is 11.6 Å². The first kappa shape index (κ1) is 16.5. The summed E-state index contributed by atoms with van der Waals surface area (Å²) in [5.74, 6) is 0.642. The van der Waals surface area contributed by atoms with Crippen LogP contribution in [0.15, 0.2) is 48.2 Å². The Kier molecular flexibility index (Phi) is 4.64. The molecule has 126 valence electrons. The number of amides is 1. The third-order valence-corrected chi connectivity index (χ3v) is 3.67. The molecule has 1 aliphatic rings. The molecule has 0 bridgehead atoms. The van der Waals surface area contributed by atoms with Gasteiger partial charge in [0.15, 0.2) is 11.5 Å². The second kappa shape index (κ2) is 7.03. The topological polar surface area (TPSA) is 109 Å². The fraction of sp³-hybridized carbons (Fsp3) is 0.0588. The van der Waals surface area contributed by atoms with E-state index < -0.39 is 5.91 Å². The number of hydrogen-bond donors (Lipinski definition) is 3. The number of nitrogens with one attached hydrogen (secondary N) is 2. The first-order valence-corrected chi connectivity index (χ1v) is 7.57. The fourth-order valence-corrected chi connectivity index (χ4v) is 2.35. The van der Waals surface area contributed by atoms with Crippen molar-refractivity contribution >= 4 is 34.6 Å². The van der Waals surface area contributed by atoms with Gasteiger partial charge in [-0.1, -0.05) is 11.6 Å². The number of ether oxygens (including phenoxy) is 2. The van der Waals surface area contributed by atoms with Crippen LogP contribution in [0.3, 0.4) is 0 Å². The van der Waals surface area contributed by atoms with Crippen LogP contribution in [0, 0.1) is 11.3 Å². The molecule has 0 saturated heterocycles. The molecule has 0 aliphatic carbocycles. The van der Waals surface area contributed by atoms with E-state index in [1.165, 1.54) is 12.3 Å². The molecule has 0 fully saturated rings. The molecule has 2 aromatic carbocycles. The molecular formula is C17H13ClN4O3. The van der Waals surface area contributed by atoms with Crippen LogP contribution in [0.5, 0.6) is 11.5 Å². The summed E-state index contributed by atoms with van der Waals surface area (Å²) in [6.07, 6.45) is 1.30. The summed E-state index contributed by atoms with van der Waals surface area (Å²) >= 11 is 6.01. The lowest BCUT2D eigenvalue weighted by Crippen LogP contribution is -2.15. The standard InChI is InChI=1S/C17H13ClN4O3/c18-13-5-11(20)1-3-14(13)22-17(23)10(7-19)8-21-12-2-4-15-16(6-12)25-9-24-15/h1-6,8,21H,9,20H2,(H,22,23)/b10-8-. The zero-order chi connectivity index (χ0) is 17.8. The Hall–Kier alpha value is -3.37. The van der Waals surface area contributed by atoms with E-state index in [1.807, 2.05) is 6.07 Å². The molecule has 3 rings (SSSR count). The highest BCUT2D eigenvalue weighted by atomic mass is 35.5. The average molecular weight is 357 g/mol. The van der Waals surface area contributed by atoms with Crippen LogP contribution < -0.4 is 25.8 Å². The van der Waals surface area contributed by atoms with Crippen LogP contribution in [-0.2, 0) is 4.79 Å². The van der Waals surface area contributed by atoms with E-state index in [2.05, 4.69) is 10.6 Å². The van der Waals surface area contributed by atoms with E-state index in [4.69, 9.17) is 26.8 Å². The van der Waals surface area contributed by atoms with Crippen LogP contribution in [0.2, 0.25) is 5.02 Å². The predicted molar refractivity (Wildman–Crippen MR) is 94.4 cm³/mol. The first-order chi connectivity index (χ1) is 12.1. The van der Waals surface area contributed by atoms with E-state index in [1.54, 1.807) is 30.3 Å². The van der Waals surface area contributed by atoms with Gasteiger partial charge in [-0.3, -0.25) is 4.79 Å². The lowest BCUT2D eigenvalue weighted by molar-refractivity contribution is -0.112. The molecular weight excluding hydrogens is 344 g/mol. The molecule has 7 nitrogen and oxygen atoms in total. The van der Waals surface area contributed by atoms with Crippen LogP contribution in [0.25, 0.3) is 0 Å². The van der Waals surface area contributed by atoms with Gasteiger partial charge in [0, 0.05) is 23.6 Å². The van der Waals surface area contributed by atoms with E-state index in [-0.39, 0.29) is 17.4 Å². The van der Waals surface area contributed by atoms with Gasteiger partial charge < -0.3 is 25.8 Å². The molecule has 4 N–H and O–H groups in total. The van der Waals surface area contributed by atoms with Gasteiger partial charge in [0.05, 0.1) is 10.7 Å². The number of nitriles is 1. The van der Waals surface area contributed by atoms with Gasteiger partial charge in [0.2, 0.25) is 6.79 Å². The van der Waals surface area contributed by atoms with E-state index in [9.17, 15) is 10.1 Å². The van der Waals surface area contributed by atoms with Crippen molar-refractivity contribution in [2.75, 3.05) is 23.2 Å². The van der Waals surface area contributed by atoms with Gasteiger partial charge in [-0.05, 0) is 30.3 Å². The minimum absolute atomic E-state index is 0.120.